The van der Waals surface area contributed by atoms with Gasteiger partial charge in [0.05, 0.1) is 5.92 Å². The molecule has 0 spiro atoms. The SMILES string of the molecule is CC(=O)Oc1ccc(/C=C/c2cc(OC(C)=O)cc3c2[C@@H](c2cc(OC(C)=O)cc(OC(C)=O)c2)[C@H](c2ccc(OC(C)=O)c(OC(C)=O)c2)O3)cc1. The van der Waals surface area contributed by atoms with Crippen LogP contribution in [0.2, 0.25) is 0 Å². The molecule has 1 aliphatic heterocycles. The van der Waals surface area contributed by atoms with E-state index in [-0.39, 0.29) is 28.7 Å². The highest BCUT2D eigenvalue weighted by Crippen LogP contribution is 2.54. The quantitative estimate of drug-likeness (QED) is 0.0968. The van der Waals surface area contributed by atoms with E-state index in [1.807, 2.05) is 0 Å². The van der Waals surface area contributed by atoms with Gasteiger partial charge in [-0.1, -0.05) is 30.4 Å². The van der Waals surface area contributed by atoms with Gasteiger partial charge in [0.1, 0.15) is 34.9 Å². The van der Waals surface area contributed by atoms with Gasteiger partial charge in [-0.2, -0.15) is 0 Å². The summed E-state index contributed by atoms with van der Waals surface area (Å²) in [4.78, 5) is 71.5. The van der Waals surface area contributed by atoms with Gasteiger partial charge in [0.2, 0.25) is 0 Å². The third-order valence-corrected chi connectivity index (χ3v) is 7.46. The van der Waals surface area contributed by atoms with E-state index in [1.165, 1.54) is 59.7 Å². The highest BCUT2D eigenvalue weighted by atomic mass is 16.6. The van der Waals surface area contributed by atoms with E-state index < -0.39 is 47.8 Å². The van der Waals surface area contributed by atoms with Crippen molar-refractivity contribution >= 4 is 48.0 Å². The van der Waals surface area contributed by atoms with Crippen LogP contribution in [0.25, 0.3) is 12.2 Å². The van der Waals surface area contributed by atoms with Gasteiger partial charge in [-0.3, -0.25) is 28.8 Å². The highest BCUT2D eigenvalue weighted by Gasteiger charge is 2.40. The van der Waals surface area contributed by atoms with Gasteiger partial charge in [0, 0.05) is 59.2 Å². The minimum Gasteiger partial charge on any atom is -0.484 e. The highest BCUT2D eigenvalue weighted by molar-refractivity contribution is 5.79. The van der Waals surface area contributed by atoms with Crippen LogP contribution in [0.15, 0.2) is 72.8 Å². The fourth-order valence-electron chi connectivity index (χ4n) is 5.77. The molecular formula is C40H34O13. The Morgan fingerprint density at radius 2 is 1.00 bits per heavy atom. The average Bonchev–Trinajstić information content (AvgIpc) is 3.43. The molecule has 0 amide bonds. The summed E-state index contributed by atoms with van der Waals surface area (Å²) in [7, 11) is 0. The van der Waals surface area contributed by atoms with Crippen LogP contribution in [-0.2, 0) is 28.8 Å². The zero-order chi connectivity index (χ0) is 38.4. The molecule has 4 aromatic rings. The second-order valence-corrected chi connectivity index (χ2v) is 11.8. The third-order valence-electron chi connectivity index (χ3n) is 7.46. The molecule has 53 heavy (non-hydrogen) atoms. The Bertz CT molecular complexity index is 2110. The fourth-order valence-corrected chi connectivity index (χ4v) is 5.77. The van der Waals surface area contributed by atoms with Gasteiger partial charge in [0.15, 0.2) is 11.5 Å². The van der Waals surface area contributed by atoms with Crippen molar-refractivity contribution in [1.29, 1.82) is 0 Å². The number of carbonyl (C=O) groups is 6. The van der Waals surface area contributed by atoms with Crippen molar-refractivity contribution in [2.75, 3.05) is 0 Å². The first-order chi connectivity index (χ1) is 25.1. The predicted molar refractivity (Wildman–Crippen MR) is 188 cm³/mol. The molecule has 2 atom stereocenters. The minimum absolute atomic E-state index is 0.00185. The van der Waals surface area contributed by atoms with Gasteiger partial charge in [-0.05, 0) is 64.7 Å². The summed E-state index contributed by atoms with van der Waals surface area (Å²) in [5, 5.41) is 0. The Hall–Kier alpha value is -6.76. The van der Waals surface area contributed by atoms with Crippen molar-refractivity contribution in [1.82, 2.24) is 0 Å². The van der Waals surface area contributed by atoms with Crippen LogP contribution < -0.4 is 33.2 Å². The molecule has 0 aromatic heterocycles. The number of esters is 6. The van der Waals surface area contributed by atoms with Crippen LogP contribution in [0.4, 0.5) is 0 Å². The number of fused-ring (bicyclic) bond motifs is 1. The van der Waals surface area contributed by atoms with Crippen molar-refractivity contribution in [3.63, 3.8) is 0 Å². The molecule has 4 aromatic carbocycles. The Balaban J connectivity index is 1.74. The molecule has 0 bridgehead atoms. The van der Waals surface area contributed by atoms with E-state index in [0.717, 1.165) is 5.56 Å². The largest absolute Gasteiger partial charge is 0.484 e. The normalized spacial score (nSPS) is 14.4. The van der Waals surface area contributed by atoms with Gasteiger partial charge < -0.3 is 33.2 Å². The molecule has 0 fully saturated rings. The second-order valence-electron chi connectivity index (χ2n) is 11.8. The number of rotatable bonds is 10. The third kappa shape index (κ3) is 9.73. The molecule has 13 heteroatoms. The second kappa shape index (κ2) is 16.1. The minimum atomic E-state index is -0.897. The van der Waals surface area contributed by atoms with Crippen molar-refractivity contribution in [2.45, 2.75) is 53.6 Å². The smallest absolute Gasteiger partial charge is 0.308 e. The van der Waals surface area contributed by atoms with Gasteiger partial charge in [0.25, 0.3) is 0 Å². The molecule has 0 saturated carbocycles. The number of ether oxygens (including phenoxy) is 7. The van der Waals surface area contributed by atoms with Gasteiger partial charge in [-0.25, -0.2) is 0 Å². The van der Waals surface area contributed by atoms with Crippen molar-refractivity contribution < 1.29 is 61.9 Å². The maximum absolute atomic E-state index is 12.1. The summed E-state index contributed by atoms with van der Waals surface area (Å²) in [6, 6.07) is 19.2. The maximum atomic E-state index is 12.1. The van der Waals surface area contributed by atoms with Gasteiger partial charge >= 0.3 is 35.8 Å². The molecule has 0 radical (unpaired) electrons. The van der Waals surface area contributed by atoms with Crippen LogP contribution >= 0.6 is 0 Å². The predicted octanol–water partition coefficient (Wildman–Crippen LogP) is 6.67. The Kier molecular flexibility index (Phi) is 11.4. The van der Waals surface area contributed by atoms with E-state index in [1.54, 1.807) is 66.7 Å². The van der Waals surface area contributed by atoms with E-state index in [4.69, 9.17) is 33.2 Å². The van der Waals surface area contributed by atoms with E-state index in [9.17, 15) is 28.8 Å². The Morgan fingerprint density at radius 1 is 0.491 bits per heavy atom. The molecule has 0 N–H and O–H groups in total. The van der Waals surface area contributed by atoms with Crippen LogP contribution in [0.5, 0.6) is 40.2 Å². The standard InChI is InChI=1S/C40H34O13/c1-21(41)47-31-12-8-27(9-13-31)7-10-28-15-34(50-24(4)44)20-37-38(28)39(30-16-32(48-22(2)42)19-33(17-30)49-23(3)43)40(53-37)29-11-14-35(51-25(5)45)36(18-29)52-26(6)46/h7-20,39-40H,1-6H3/b10-7+/t39-,40+/m1/s1. The topological polar surface area (TPSA) is 167 Å². The van der Waals surface area contributed by atoms with Crippen LogP contribution in [0, 0.1) is 0 Å². The van der Waals surface area contributed by atoms with E-state index in [2.05, 4.69) is 0 Å². The van der Waals surface area contributed by atoms with E-state index >= 15 is 0 Å². The summed E-state index contributed by atoms with van der Waals surface area (Å²) in [6.45, 7) is 7.43. The molecule has 13 nitrogen and oxygen atoms in total. The molecule has 1 heterocycles. The summed E-state index contributed by atoms with van der Waals surface area (Å²) < 4.78 is 38.8. The molecule has 1 aliphatic rings. The van der Waals surface area contributed by atoms with Crippen LogP contribution in [0.1, 0.15) is 81.4 Å². The lowest BCUT2D eigenvalue weighted by atomic mass is 9.82. The Labute approximate surface area is 304 Å². The lowest BCUT2D eigenvalue weighted by molar-refractivity contribution is -0.134. The molecule has 272 valence electrons. The first-order valence-electron chi connectivity index (χ1n) is 16.2. The van der Waals surface area contributed by atoms with Crippen LogP contribution in [-0.4, -0.2) is 35.8 Å². The number of hydrogen-bond donors (Lipinski definition) is 0. The number of benzene rings is 4. The number of hydrogen-bond acceptors (Lipinski definition) is 13. The Morgan fingerprint density at radius 3 is 1.55 bits per heavy atom. The first-order valence-corrected chi connectivity index (χ1v) is 16.2. The lowest BCUT2D eigenvalue weighted by Gasteiger charge is -2.23. The van der Waals surface area contributed by atoms with Crippen molar-refractivity contribution in [3.05, 3.63) is 101 Å². The first kappa shape index (κ1) is 37.5. The van der Waals surface area contributed by atoms with Crippen molar-refractivity contribution in [3.8, 4) is 40.2 Å². The summed E-state index contributed by atoms with van der Waals surface area (Å²) in [5.74, 6) is -3.30. The summed E-state index contributed by atoms with van der Waals surface area (Å²) in [6.07, 6.45) is 2.68. The molecule has 0 saturated heterocycles. The van der Waals surface area contributed by atoms with E-state index in [0.29, 0.717) is 33.8 Å². The molecule has 5 rings (SSSR count). The zero-order valence-electron chi connectivity index (χ0n) is 29.5. The zero-order valence-corrected chi connectivity index (χ0v) is 29.5. The summed E-state index contributed by atoms with van der Waals surface area (Å²) >= 11 is 0. The molecule has 0 unspecified atom stereocenters. The number of carbonyl (C=O) groups excluding carboxylic acids is 6. The lowest BCUT2D eigenvalue weighted by Crippen LogP contribution is -2.14. The molecule has 0 aliphatic carbocycles. The fraction of sp³-hybridized carbons (Fsp3) is 0.200. The monoisotopic (exact) mass is 722 g/mol. The average molecular weight is 723 g/mol. The van der Waals surface area contributed by atoms with Crippen LogP contribution in [0.3, 0.4) is 0 Å². The maximum Gasteiger partial charge on any atom is 0.308 e. The summed E-state index contributed by atoms with van der Waals surface area (Å²) in [5.41, 5.74) is 2.85. The molecular weight excluding hydrogens is 688 g/mol. The van der Waals surface area contributed by atoms with Crippen molar-refractivity contribution in [2.24, 2.45) is 0 Å². The van der Waals surface area contributed by atoms with Gasteiger partial charge in [-0.15, -0.1) is 0 Å².